The summed E-state index contributed by atoms with van der Waals surface area (Å²) in [5, 5.41) is 2.94. The van der Waals surface area contributed by atoms with E-state index >= 15 is 0 Å². The zero-order valence-corrected chi connectivity index (χ0v) is 11.4. The molecule has 0 atom stereocenters. The molecule has 0 aliphatic heterocycles. The molecule has 2 aromatic rings. The third-order valence-electron chi connectivity index (χ3n) is 2.61. The number of hydrogen-bond acceptors (Lipinski definition) is 4. The molecule has 0 saturated carbocycles. The Morgan fingerprint density at radius 3 is 2.53 bits per heavy atom. The summed E-state index contributed by atoms with van der Waals surface area (Å²) in [6, 6.07) is 7.47. The first-order valence-electron chi connectivity index (χ1n) is 5.63. The third kappa shape index (κ3) is 2.79. The molecule has 0 fully saturated rings. The van der Waals surface area contributed by atoms with E-state index < -0.39 is 5.91 Å². The summed E-state index contributed by atoms with van der Waals surface area (Å²) < 4.78 is 0. The lowest BCUT2D eigenvalue weighted by molar-refractivity contribution is 0.0997. The van der Waals surface area contributed by atoms with Crippen LogP contribution in [0.3, 0.4) is 0 Å². The first-order valence-corrected chi connectivity index (χ1v) is 6.45. The van der Waals surface area contributed by atoms with Gasteiger partial charge in [-0.25, -0.2) is 4.98 Å². The number of carbonyl (C=O) groups is 2. The van der Waals surface area contributed by atoms with Gasteiger partial charge >= 0.3 is 0 Å². The van der Waals surface area contributed by atoms with E-state index in [4.69, 9.17) is 5.73 Å². The van der Waals surface area contributed by atoms with Crippen LogP contribution in [0.4, 0.5) is 5.69 Å². The number of aryl methyl sites for hydroxylation is 2. The van der Waals surface area contributed by atoms with Gasteiger partial charge in [-0.15, -0.1) is 11.3 Å². The Bertz CT molecular complexity index is 649. The fourth-order valence-corrected chi connectivity index (χ4v) is 2.42. The molecule has 1 heterocycles. The predicted molar refractivity (Wildman–Crippen MR) is 74.5 cm³/mol. The number of anilines is 1. The molecule has 0 saturated heterocycles. The zero-order chi connectivity index (χ0) is 14.0. The number of amides is 2. The smallest absolute Gasteiger partial charge is 0.277 e. The summed E-state index contributed by atoms with van der Waals surface area (Å²) in [5.41, 5.74) is 7.36. The molecule has 3 N–H and O–H groups in total. The molecule has 6 heteroatoms. The van der Waals surface area contributed by atoms with Gasteiger partial charge in [0.1, 0.15) is 4.88 Å². The molecule has 0 spiro atoms. The number of benzene rings is 1. The lowest BCUT2D eigenvalue weighted by Gasteiger charge is -2.06. The minimum atomic E-state index is -0.622. The van der Waals surface area contributed by atoms with Gasteiger partial charge in [0.2, 0.25) is 0 Å². The van der Waals surface area contributed by atoms with Crippen LogP contribution >= 0.6 is 11.3 Å². The molecule has 0 radical (unpaired) electrons. The Hall–Kier alpha value is -2.21. The molecule has 0 aliphatic carbocycles. The second-order valence-corrected chi connectivity index (χ2v) is 5.07. The van der Waals surface area contributed by atoms with Crippen molar-refractivity contribution in [3.8, 4) is 0 Å². The largest absolute Gasteiger partial charge is 0.364 e. The van der Waals surface area contributed by atoms with Gasteiger partial charge in [0.15, 0.2) is 5.01 Å². The number of thiazole rings is 1. The van der Waals surface area contributed by atoms with Crippen LogP contribution in [0.1, 0.15) is 30.7 Å². The number of primary amides is 1. The molecular formula is C13H13N3O2S. The summed E-state index contributed by atoms with van der Waals surface area (Å²) in [6.45, 7) is 3.58. The summed E-state index contributed by atoms with van der Waals surface area (Å²) in [7, 11) is 0. The quantitative estimate of drug-likeness (QED) is 0.899. The minimum Gasteiger partial charge on any atom is -0.364 e. The van der Waals surface area contributed by atoms with Gasteiger partial charge < -0.3 is 11.1 Å². The maximum absolute atomic E-state index is 12.1. The van der Waals surface area contributed by atoms with Crippen LogP contribution < -0.4 is 11.1 Å². The molecule has 0 bridgehead atoms. The topological polar surface area (TPSA) is 85.1 Å². The van der Waals surface area contributed by atoms with Crippen LogP contribution in [0.25, 0.3) is 0 Å². The lowest BCUT2D eigenvalue weighted by atomic mass is 10.2. The molecule has 5 nitrogen and oxygen atoms in total. The van der Waals surface area contributed by atoms with Crippen LogP contribution in [-0.2, 0) is 0 Å². The molecule has 19 heavy (non-hydrogen) atoms. The summed E-state index contributed by atoms with van der Waals surface area (Å²) in [6.07, 6.45) is 0. The Morgan fingerprint density at radius 2 is 1.95 bits per heavy atom. The second kappa shape index (κ2) is 5.19. The first kappa shape index (κ1) is 13.2. The normalized spacial score (nSPS) is 10.2. The van der Waals surface area contributed by atoms with Gasteiger partial charge in [0.05, 0.1) is 5.69 Å². The Morgan fingerprint density at radius 1 is 1.26 bits per heavy atom. The number of carbonyl (C=O) groups excluding carboxylic acids is 2. The van der Waals surface area contributed by atoms with E-state index in [1.165, 1.54) is 0 Å². The van der Waals surface area contributed by atoms with Crippen molar-refractivity contribution in [1.29, 1.82) is 0 Å². The van der Waals surface area contributed by atoms with Crippen LogP contribution in [0.15, 0.2) is 24.3 Å². The third-order valence-corrected chi connectivity index (χ3v) is 3.78. The molecule has 1 aromatic heterocycles. The van der Waals surface area contributed by atoms with Crippen LogP contribution in [-0.4, -0.2) is 16.8 Å². The maximum atomic E-state index is 12.1. The average molecular weight is 275 g/mol. The highest BCUT2D eigenvalue weighted by molar-refractivity contribution is 7.15. The number of aromatic nitrogens is 1. The van der Waals surface area contributed by atoms with Crippen molar-refractivity contribution in [2.45, 2.75) is 13.8 Å². The van der Waals surface area contributed by atoms with E-state index in [1.54, 1.807) is 6.92 Å². The van der Waals surface area contributed by atoms with Crippen molar-refractivity contribution in [2.75, 3.05) is 5.32 Å². The number of hydrogen-bond donors (Lipinski definition) is 2. The molecule has 2 rings (SSSR count). The number of rotatable bonds is 3. The number of nitrogens with one attached hydrogen (secondary N) is 1. The molecule has 98 valence electrons. The molecule has 2 amide bonds. The Balaban J connectivity index is 2.26. The summed E-state index contributed by atoms with van der Waals surface area (Å²) in [5.74, 6) is -0.903. The SMILES string of the molecule is Cc1ccccc1NC(=O)c1sc(C(N)=O)nc1C. The molecule has 0 aliphatic rings. The van der Waals surface area contributed by atoms with Gasteiger partial charge in [-0.2, -0.15) is 0 Å². The standard InChI is InChI=1S/C13H13N3O2S/c1-7-5-3-4-6-9(7)16-12(18)10-8(2)15-13(19-10)11(14)17/h3-6H,1-2H3,(H2,14,17)(H,16,18). The Labute approximate surface area is 114 Å². The first-order chi connectivity index (χ1) is 8.99. The predicted octanol–water partition coefficient (Wildman–Crippen LogP) is 2.11. The van der Waals surface area contributed by atoms with Crippen LogP contribution in [0.2, 0.25) is 0 Å². The maximum Gasteiger partial charge on any atom is 0.277 e. The van der Waals surface area contributed by atoms with Crippen LogP contribution in [0.5, 0.6) is 0 Å². The van der Waals surface area contributed by atoms with Crippen molar-refractivity contribution >= 4 is 28.8 Å². The highest BCUT2D eigenvalue weighted by Gasteiger charge is 2.18. The van der Waals surface area contributed by atoms with E-state index in [9.17, 15) is 9.59 Å². The highest BCUT2D eigenvalue weighted by atomic mass is 32.1. The van der Waals surface area contributed by atoms with Crippen molar-refractivity contribution in [1.82, 2.24) is 4.98 Å². The zero-order valence-electron chi connectivity index (χ0n) is 10.6. The van der Waals surface area contributed by atoms with Gasteiger partial charge in [0.25, 0.3) is 11.8 Å². The summed E-state index contributed by atoms with van der Waals surface area (Å²) >= 11 is 1.00. The number of nitrogens with two attached hydrogens (primary N) is 1. The van der Waals surface area contributed by atoms with Crippen LogP contribution in [0, 0.1) is 13.8 Å². The van der Waals surface area contributed by atoms with E-state index in [1.807, 2.05) is 31.2 Å². The van der Waals surface area contributed by atoms with E-state index in [-0.39, 0.29) is 10.9 Å². The van der Waals surface area contributed by atoms with E-state index in [0.29, 0.717) is 10.6 Å². The number of nitrogens with zero attached hydrogens (tertiary/aromatic N) is 1. The molecule has 0 unspecified atom stereocenters. The van der Waals surface area contributed by atoms with Crippen molar-refractivity contribution in [3.05, 3.63) is 45.4 Å². The lowest BCUT2D eigenvalue weighted by Crippen LogP contribution is -2.12. The highest BCUT2D eigenvalue weighted by Crippen LogP contribution is 2.20. The van der Waals surface area contributed by atoms with Crippen molar-refractivity contribution in [3.63, 3.8) is 0 Å². The number of para-hydroxylation sites is 1. The molecular weight excluding hydrogens is 262 g/mol. The molecule has 1 aromatic carbocycles. The minimum absolute atomic E-state index is 0.146. The fraction of sp³-hybridized carbons (Fsp3) is 0.154. The van der Waals surface area contributed by atoms with Gasteiger partial charge in [0, 0.05) is 5.69 Å². The van der Waals surface area contributed by atoms with Gasteiger partial charge in [-0.1, -0.05) is 18.2 Å². The van der Waals surface area contributed by atoms with Gasteiger partial charge in [-0.3, -0.25) is 9.59 Å². The monoisotopic (exact) mass is 275 g/mol. The fourth-order valence-electron chi connectivity index (χ4n) is 1.60. The van der Waals surface area contributed by atoms with Crippen molar-refractivity contribution in [2.24, 2.45) is 5.73 Å². The summed E-state index contributed by atoms with van der Waals surface area (Å²) in [4.78, 5) is 27.5. The second-order valence-electron chi connectivity index (χ2n) is 4.07. The van der Waals surface area contributed by atoms with E-state index in [0.717, 1.165) is 22.6 Å². The van der Waals surface area contributed by atoms with Crippen molar-refractivity contribution < 1.29 is 9.59 Å². The average Bonchev–Trinajstić information content (AvgIpc) is 2.74. The van der Waals surface area contributed by atoms with E-state index in [2.05, 4.69) is 10.3 Å². The Kier molecular flexibility index (Phi) is 3.62. The van der Waals surface area contributed by atoms with Gasteiger partial charge in [-0.05, 0) is 25.5 Å².